The monoisotopic (exact) mass is 374 g/mol. The largest absolute Gasteiger partial charge is 0.408 e. The van der Waals surface area contributed by atoms with Gasteiger partial charge in [-0.3, -0.25) is 0 Å². The number of nitrogens with zero attached hydrogens (tertiary/aromatic N) is 2. The molecule has 0 bridgehead atoms. The molecule has 0 unspecified atom stereocenters. The van der Waals surface area contributed by atoms with E-state index in [0.29, 0.717) is 22.9 Å². The van der Waals surface area contributed by atoms with Crippen LogP contribution in [0.3, 0.4) is 0 Å². The van der Waals surface area contributed by atoms with Gasteiger partial charge in [0, 0.05) is 18.5 Å². The number of nitrogens with two attached hydrogens (primary N) is 1. The first-order valence-corrected chi connectivity index (χ1v) is 9.08. The molecule has 0 aromatic heterocycles. The van der Waals surface area contributed by atoms with Crippen LogP contribution < -0.4 is 15.4 Å². The number of alkyl halides is 3. The number of amidine groups is 1. The summed E-state index contributed by atoms with van der Waals surface area (Å²) >= 11 is 1.21. The van der Waals surface area contributed by atoms with Crippen LogP contribution in [0.15, 0.2) is 22.0 Å². The van der Waals surface area contributed by atoms with Crippen LogP contribution in [-0.4, -0.2) is 30.6 Å². The van der Waals surface area contributed by atoms with E-state index in [9.17, 15) is 17.6 Å². The van der Waals surface area contributed by atoms with E-state index in [1.807, 2.05) is 0 Å². The van der Waals surface area contributed by atoms with Gasteiger partial charge in [0.05, 0.1) is 10.6 Å². The predicted octanol–water partition coefficient (Wildman–Crippen LogP) is 3.73. The summed E-state index contributed by atoms with van der Waals surface area (Å²) in [6.45, 7) is 0.133. The second-order valence-electron chi connectivity index (χ2n) is 6.78. The van der Waals surface area contributed by atoms with Crippen LogP contribution in [-0.2, 0) is 0 Å². The van der Waals surface area contributed by atoms with Crippen LogP contribution in [0.5, 0.6) is 0 Å². The molecule has 9 heteroatoms. The highest BCUT2D eigenvalue weighted by molar-refractivity contribution is 7.98. The molecule has 1 saturated heterocycles. The van der Waals surface area contributed by atoms with Crippen molar-refractivity contribution in [3.63, 3.8) is 0 Å². The molecular formula is C16H18F4N4S. The maximum Gasteiger partial charge on any atom is 0.408 e. The standard InChI is InChI=1S/C16H18F4N4S/c17-9-5-11(24-4-3-10(21)7-13(24)16(18,19)20)14-12(6-9)25-23-15(22-14)8-1-2-8/h5-6,8,10,13H,1-4,7,21H2,(H,22,23)/t10-,13+/m1/s1. The first-order valence-electron chi connectivity index (χ1n) is 8.27. The summed E-state index contributed by atoms with van der Waals surface area (Å²) in [7, 11) is 0. The van der Waals surface area contributed by atoms with Gasteiger partial charge in [-0.05, 0) is 49.8 Å². The molecule has 2 fully saturated rings. The number of halogens is 4. The molecule has 136 valence electrons. The fourth-order valence-electron chi connectivity index (χ4n) is 3.34. The molecule has 1 aliphatic carbocycles. The Morgan fingerprint density at radius 1 is 1.24 bits per heavy atom. The summed E-state index contributed by atoms with van der Waals surface area (Å²) in [5.41, 5.74) is 6.39. The van der Waals surface area contributed by atoms with Gasteiger partial charge in [0.15, 0.2) is 0 Å². The average Bonchev–Trinajstić information content (AvgIpc) is 3.38. The van der Waals surface area contributed by atoms with Crippen molar-refractivity contribution >= 4 is 29.2 Å². The Kier molecular flexibility index (Phi) is 4.10. The molecule has 0 amide bonds. The van der Waals surface area contributed by atoms with Crippen molar-refractivity contribution in [3.8, 4) is 0 Å². The molecule has 3 N–H and O–H groups in total. The molecule has 4 rings (SSSR count). The van der Waals surface area contributed by atoms with Gasteiger partial charge < -0.3 is 15.4 Å². The fraction of sp³-hybridized carbons (Fsp3) is 0.562. The van der Waals surface area contributed by atoms with Crippen molar-refractivity contribution in [2.45, 2.75) is 48.8 Å². The van der Waals surface area contributed by atoms with Crippen molar-refractivity contribution in [1.29, 1.82) is 0 Å². The van der Waals surface area contributed by atoms with E-state index in [0.717, 1.165) is 24.7 Å². The summed E-state index contributed by atoms with van der Waals surface area (Å²) in [5.74, 6) is 0.526. The van der Waals surface area contributed by atoms with Gasteiger partial charge in [0.2, 0.25) is 0 Å². The SMILES string of the molecule is N[C@@H]1CCN(c2cc(F)cc3c2N=C(C2CC2)NS3)[C@H](C(F)(F)F)C1. The van der Waals surface area contributed by atoms with Crippen molar-refractivity contribution in [2.75, 3.05) is 11.4 Å². The number of hydrogen-bond donors (Lipinski definition) is 2. The minimum absolute atomic E-state index is 0.133. The number of anilines is 1. The van der Waals surface area contributed by atoms with Crippen LogP contribution in [0.25, 0.3) is 0 Å². The van der Waals surface area contributed by atoms with E-state index in [1.54, 1.807) is 0 Å². The molecule has 2 atom stereocenters. The summed E-state index contributed by atoms with van der Waals surface area (Å²) in [6, 6.07) is 0.242. The van der Waals surface area contributed by atoms with Crippen molar-refractivity contribution in [1.82, 2.24) is 4.72 Å². The summed E-state index contributed by atoms with van der Waals surface area (Å²) < 4.78 is 57.8. The van der Waals surface area contributed by atoms with E-state index >= 15 is 0 Å². The molecule has 1 aromatic rings. The summed E-state index contributed by atoms with van der Waals surface area (Å²) in [6.07, 6.45) is -2.16. The lowest BCUT2D eigenvalue weighted by atomic mass is 9.96. The van der Waals surface area contributed by atoms with E-state index < -0.39 is 24.1 Å². The van der Waals surface area contributed by atoms with Crippen LogP contribution in [0.2, 0.25) is 0 Å². The van der Waals surface area contributed by atoms with Gasteiger partial charge in [-0.25, -0.2) is 9.38 Å². The first-order chi connectivity index (χ1) is 11.8. The first kappa shape index (κ1) is 17.0. The minimum atomic E-state index is -4.43. The Morgan fingerprint density at radius 2 is 2.00 bits per heavy atom. The zero-order valence-corrected chi connectivity index (χ0v) is 14.1. The Balaban J connectivity index is 1.78. The quantitative estimate of drug-likeness (QED) is 0.612. The number of hydrogen-bond acceptors (Lipinski definition) is 5. The maximum absolute atomic E-state index is 14.1. The third kappa shape index (κ3) is 3.31. The van der Waals surface area contributed by atoms with E-state index in [4.69, 9.17) is 5.73 Å². The van der Waals surface area contributed by atoms with Crippen molar-refractivity contribution < 1.29 is 17.6 Å². The van der Waals surface area contributed by atoms with Crippen molar-refractivity contribution in [3.05, 3.63) is 17.9 Å². The second kappa shape index (κ2) is 6.05. The molecule has 2 heterocycles. The molecule has 4 nitrogen and oxygen atoms in total. The van der Waals surface area contributed by atoms with Gasteiger partial charge in [0.25, 0.3) is 0 Å². The van der Waals surface area contributed by atoms with Gasteiger partial charge >= 0.3 is 6.18 Å². The Morgan fingerprint density at radius 3 is 2.68 bits per heavy atom. The highest BCUT2D eigenvalue weighted by Gasteiger charge is 2.47. The third-order valence-electron chi connectivity index (χ3n) is 4.81. The number of nitrogens with one attached hydrogen (secondary N) is 1. The Bertz CT molecular complexity index is 717. The maximum atomic E-state index is 14.1. The number of fused-ring (bicyclic) bond motifs is 1. The van der Waals surface area contributed by atoms with Crippen molar-refractivity contribution in [2.24, 2.45) is 16.6 Å². The molecular weight excluding hydrogens is 356 g/mol. The smallest absolute Gasteiger partial charge is 0.358 e. The molecule has 1 saturated carbocycles. The van der Waals surface area contributed by atoms with Gasteiger partial charge in [0.1, 0.15) is 23.4 Å². The minimum Gasteiger partial charge on any atom is -0.358 e. The Labute approximate surface area is 147 Å². The zero-order valence-electron chi connectivity index (χ0n) is 13.3. The van der Waals surface area contributed by atoms with E-state index in [2.05, 4.69) is 9.71 Å². The third-order valence-corrected chi connectivity index (χ3v) is 5.65. The predicted molar refractivity (Wildman–Crippen MR) is 89.6 cm³/mol. The van der Waals surface area contributed by atoms with E-state index in [-0.39, 0.29) is 18.7 Å². The number of piperidine rings is 1. The summed E-state index contributed by atoms with van der Waals surface area (Å²) in [4.78, 5) is 6.27. The Hall–Kier alpha value is -1.48. The zero-order chi connectivity index (χ0) is 17.8. The second-order valence-corrected chi connectivity index (χ2v) is 7.63. The number of benzene rings is 1. The van der Waals surface area contributed by atoms with Crippen LogP contribution >= 0.6 is 11.9 Å². The molecule has 2 aliphatic heterocycles. The summed E-state index contributed by atoms with van der Waals surface area (Å²) in [5, 5.41) is 0. The highest BCUT2D eigenvalue weighted by Crippen LogP contribution is 2.46. The average molecular weight is 374 g/mol. The normalized spacial score (nSPS) is 26.8. The topological polar surface area (TPSA) is 53.6 Å². The van der Waals surface area contributed by atoms with Crippen LogP contribution in [0, 0.1) is 11.7 Å². The van der Waals surface area contributed by atoms with Gasteiger partial charge in [-0.2, -0.15) is 13.2 Å². The lowest BCUT2D eigenvalue weighted by molar-refractivity contribution is -0.153. The highest BCUT2D eigenvalue weighted by atomic mass is 32.2. The fourth-order valence-corrected chi connectivity index (χ4v) is 4.19. The lowest BCUT2D eigenvalue weighted by Crippen LogP contribution is -2.54. The van der Waals surface area contributed by atoms with Crippen LogP contribution in [0.1, 0.15) is 25.7 Å². The van der Waals surface area contributed by atoms with Crippen LogP contribution in [0.4, 0.5) is 28.9 Å². The molecule has 25 heavy (non-hydrogen) atoms. The van der Waals surface area contributed by atoms with Gasteiger partial charge in [-0.15, -0.1) is 0 Å². The molecule has 3 aliphatic rings. The number of rotatable bonds is 2. The number of aliphatic imine (C=N–C) groups is 1. The molecule has 0 radical (unpaired) electrons. The molecule has 1 aromatic carbocycles. The molecule has 0 spiro atoms. The lowest BCUT2D eigenvalue weighted by Gasteiger charge is -2.41. The van der Waals surface area contributed by atoms with Gasteiger partial charge in [-0.1, -0.05) is 0 Å². The van der Waals surface area contributed by atoms with E-state index in [1.165, 1.54) is 22.9 Å².